The highest BCUT2D eigenvalue weighted by atomic mass is 16.2. The molecule has 2 aliphatic rings. The first kappa shape index (κ1) is 20.4. The number of para-hydroxylation sites is 2. The number of piperidine rings is 1. The lowest BCUT2D eigenvalue weighted by molar-refractivity contribution is -0.139. The van der Waals surface area contributed by atoms with Gasteiger partial charge in [-0.2, -0.15) is 0 Å². The Balaban J connectivity index is 1.33. The summed E-state index contributed by atoms with van der Waals surface area (Å²) in [5, 5.41) is 0. The first-order valence-corrected chi connectivity index (χ1v) is 11.3. The van der Waals surface area contributed by atoms with Crippen molar-refractivity contribution >= 4 is 16.9 Å². The zero-order valence-corrected chi connectivity index (χ0v) is 18.0. The summed E-state index contributed by atoms with van der Waals surface area (Å²) in [5.74, 6) is 1.60. The van der Waals surface area contributed by atoms with Gasteiger partial charge in [0.05, 0.1) is 23.5 Å². The quantitative estimate of drug-likeness (QED) is 0.752. The van der Waals surface area contributed by atoms with Crippen molar-refractivity contribution in [1.29, 1.82) is 0 Å². The number of hydrogen-bond acceptors (Lipinski definition) is 4. The van der Waals surface area contributed by atoms with E-state index in [1.807, 2.05) is 6.07 Å². The number of rotatable bonds is 6. The summed E-state index contributed by atoms with van der Waals surface area (Å²) in [5.41, 5.74) is 2.23. The van der Waals surface area contributed by atoms with Crippen LogP contribution in [0.3, 0.4) is 0 Å². The van der Waals surface area contributed by atoms with E-state index in [0.717, 1.165) is 70.0 Å². The van der Waals surface area contributed by atoms with Gasteiger partial charge in [0, 0.05) is 39.8 Å². The molecule has 158 valence electrons. The van der Waals surface area contributed by atoms with E-state index in [1.165, 1.54) is 24.9 Å². The lowest BCUT2D eigenvalue weighted by atomic mass is 9.96. The van der Waals surface area contributed by atoms with E-state index >= 15 is 0 Å². The summed E-state index contributed by atoms with van der Waals surface area (Å²) in [7, 11) is 2.09. The molecule has 2 aliphatic heterocycles. The molecule has 2 fully saturated rings. The first-order chi connectivity index (χ1) is 14.2. The zero-order chi connectivity index (χ0) is 20.2. The van der Waals surface area contributed by atoms with Crippen molar-refractivity contribution in [2.75, 3.05) is 45.8 Å². The number of piperazine rings is 1. The summed E-state index contributed by atoms with van der Waals surface area (Å²) < 4.78 is 2.19. The molecule has 0 saturated carbocycles. The van der Waals surface area contributed by atoms with Crippen molar-refractivity contribution in [3.63, 3.8) is 0 Å². The summed E-state index contributed by atoms with van der Waals surface area (Å²) in [6, 6.07) is 8.29. The smallest absolute Gasteiger partial charge is 0.227 e. The Labute approximate surface area is 174 Å². The third-order valence-electron chi connectivity index (χ3n) is 6.61. The van der Waals surface area contributed by atoms with Crippen LogP contribution >= 0.6 is 0 Å². The maximum Gasteiger partial charge on any atom is 0.227 e. The maximum atomic E-state index is 13.1. The summed E-state index contributed by atoms with van der Waals surface area (Å²) in [6.45, 7) is 9.99. The second-order valence-corrected chi connectivity index (χ2v) is 8.67. The summed E-state index contributed by atoms with van der Waals surface area (Å²) in [4.78, 5) is 25.0. The van der Waals surface area contributed by atoms with Gasteiger partial charge in [0.2, 0.25) is 5.91 Å². The van der Waals surface area contributed by atoms with Crippen molar-refractivity contribution in [2.24, 2.45) is 13.0 Å². The van der Waals surface area contributed by atoms with Crippen LogP contribution in [0.4, 0.5) is 0 Å². The molecule has 0 unspecified atom stereocenters. The van der Waals surface area contributed by atoms with Crippen LogP contribution in [0.5, 0.6) is 0 Å². The van der Waals surface area contributed by atoms with Crippen LogP contribution in [0.1, 0.15) is 38.4 Å². The number of hydrogen-bond donors (Lipinski definition) is 0. The number of likely N-dealkylation sites (tertiary alicyclic amines) is 1. The fraction of sp³-hybridized carbons (Fsp3) is 0.652. The van der Waals surface area contributed by atoms with Gasteiger partial charge in [-0.25, -0.2) is 4.98 Å². The molecule has 1 aromatic carbocycles. The number of carbonyl (C=O) groups excluding carboxylic acids is 1. The summed E-state index contributed by atoms with van der Waals surface area (Å²) in [6.07, 6.45) is 4.61. The van der Waals surface area contributed by atoms with Crippen LogP contribution < -0.4 is 0 Å². The predicted molar refractivity (Wildman–Crippen MR) is 117 cm³/mol. The zero-order valence-electron chi connectivity index (χ0n) is 18.0. The first-order valence-electron chi connectivity index (χ1n) is 11.3. The molecule has 1 amide bonds. The molecular formula is C23H35N5O. The number of unbranched alkanes of at least 4 members (excludes halogenated alkanes) is 1. The van der Waals surface area contributed by atoms with Crippen molar-refractivity contribution < 1.29 is 4.79 Å². The van der Waals surface area contributed by atoms with Crippen molar-refractivity contribution in [3.8, 4) is 0 Å². The molecule has 1 aromatic heterocycles. The molecule has 29 heavy (non-hydrogen) atoms. The average Bonchev–Trinajstić information content (AvgIpc) is 3.08. The average molecular weight is 398 g/mol. The molecule has 0 N–H and O–H groups in total. The number of imidazole rings is 1. The van der Waals surface area contributed by atoms with Gasteiger partial charge in [-0.15, -0.1) is 0 Å². The van der Waals surface area contributed by atoms with Crippen LogP contribution in [0.2, 0.25) is 0 Å². The number of amides is 1. The minimum atomic E-state index is 0.139. The van der Waals surface area contributed by atoms with Crippen molar-refractivity contribution in [3.05, 3.63) is 30.1 Å². The summed E-state index contributed by atoms with van der Waals surface area (Å²) >= 11 is 0. The highest BCUT2D eigenvalue weighted by molar-refractivity contribution is 5.79. The largest absolute Gasteiger partial charge is 0.340 e. The van der Waals surface area contributed by atoms with E-state index in [0.29, 0.717) is 5.91 Å². The normalized spacial score (nSPS) is 21.7. The third-order valence-corrected chi connectivity index (χ3v) is 6.61. The number of benzene rings is 1. The molecular weight excluding hydrogens is 362 g/mol. The van der Waals surface area contributed by atoms with Crippen molar-refractivity contribution in [2.45, 2.75) is 39.2 Å². The SMILES string of the molecule is CCCCN1CCN(C(=O)[C@@H]2CCCN(Cc3nc4ccccc4n3C)C2)CC1. The monoisotopic (exact) mass is 397 g/mol. The number of carbonyl (C=O) groups is 1. The van der Waals surface area contributed by atoms with E-state index in [4.69, 9.17) is 4.98 Å². The van der Waals surface area contributed by atoms with Gasteiger partial charge in [-0.05, 0) is 44.5 Å². The van der Waals surface area contributed by atoms with Crippen LogP contribution in [0, 0.1) is 5.92 Å². The van der Waals surface area contributed by atoms with Crippen LogP contribution in [-0.2, 0) is 18.4 Å². The second kappa shape index (κ2) is 9.26. The molecule has 6 heteroatoms. The van der Waals surface area contributed by atoms with Gasteiger partial charge in [-0.1, -0.05) is 25.5 Å². The predicted octanol–water partition coefficient (Wildman–Crippen LogP) is 2.73. The molecule has 0 spiro atoms. The fourth-order valence-corrected chi connectivity index (χ4v) is 4.77. The van der Waals surface area contributed by atoms with Crippen LogP contribution in [0.15, 0.2) is 24.3 Å². The molecule has 2 aromatic rings. The van der Waals surface area contributed by atoms with Gasteiger partial charge in [-0.3, -0.25) is 14.6 Å². The Bertz CT molecular complexity index is 824. The number of aromatic nitrogens is 2. The third kappa shape index (κ3) is 4.64. The molecule has 3 heterocycles. The van der Waals surface area contributed by atoms with E-state index in [9.17, 15) is 4.79 Å². The Morgan fingerprint density at radius 1 is 1.10 bits per heavy atom. The van der Waals surface area contributed by atoms with Gasteiger partial charge in [0.15, 0.2) is 0 Å². The Kier molecular flexibility index (Phi) is 6.50. The topological polar surface area (TPSA) is 44.6 Å². The lowest BCUT2D eigenvalue weighted by Gasteiger charge is -2.39. The number of aryl methyl sites for hydroxylation is 1. The van der Waals surface area contributed by atoms with Gasteiger partial charge >= 0.3 is 0 Å². The molecule has 1 atom stereocenters. The molecule has 0 aliphatic carbocycles. The standard InChI is InChI=1S/C23H35N5O/c1-3-4-11-26-13-15-28(16-14-26)23(29)19-8-7-12-27(17-19)18-22-24-20-9-5-6-10-21(20)25(22)2/h5-6,9-10,19H,3-4,7-8,11-18H2,1-2H3/t19-/m1/s1. The fourth-order valence-electron chi connectivity index (χ4n) is 4.77. The van der Waals surface area contributed by atoms with Gasteiger partial charge in [0.1, 0.15) is 5.82 Å². The molecule has 4 rings (SSSR count). The van der Waals surface area contributed by atoms with E-state index in [1.54, 1.807) is 0 Å². The molecule has 0 bridgehead atoms. The van der Waals surface area contributed by atoms with Crippen LogP contribution in [0.25, 0.3) is 11.0 Å². The highest BCUT2D eigenvalue weighted by Gasteiger charge is 2.31. The maximum absolute atomic E-state index is 13.1. The molecule has 2 saturated heterocycles. The number of nitrogens with zero attached hydrogens (tertiary/aromatic N) is 5. The second-order valence-electron chi connectivity index (χ2n) is 8.67. The molecule has 6 nitrogen and oxygen atoms in total. The minimum absolute atomic E-state index is 0.139. The Morgan fingerprint density at radius 3 is 2.66 bits per heavy atom. The van der Waals surface area contributed by atoms with E-state index in [-0.39, 0.29) is 5.92 Å². The van der Waals surface area contributed by atoms with Gasteiger partial charge in [0.25, 0.3) is 0 Å². The van der Waals surface area contributed by atoms with Gasteiger partial charge < -0.3 is 9.47 Å². The van der Waals surface area contributed by atoms with Crippen molar-refractivity contribution in [1.82, 2.24) is 24.3 Å². The highest BCUT2D eigenvalue weighted by Crippen LogP contribution is 2.22. The van der Waals surface area contributed by atoms with E-state index in [2.05, 4.69) is 51.4 Å². The van der Waals surface area contributed by atoms with E-state index < -0.39 is 0 Å². The minimum Gasteiger partial charge on any atom is -0.340 e. The lowest BCUT2D eigenvalue weighted by Crippen LogP contribution is -2.52. The molecule has 0 radical (unpaired) electrons. The van der Waals surface area contributed by atoms with Crippen LogP contribution in [-0.4, -0.2) is 76.0 Å². The Hall–Kier alpha value is -1.92. The number of fused-ring (bicyclic) bond motifs is 1. The Morgan fingerprint density at radius 2 is 1.90 bits per heavy atom.